The van der Waals surface area contributed by atoms with Gasteiger partial charge in [-0.15, -0.1) is 21.8 Å². The number of benzene rings is 1. The van der Waals surface area contributed by atoms with Crippen LogP contribution in [-0.2, 0) is 11.0 Å². The Morgan fingerprint density at radius 3 is 2.17 bits per heavy atom. The van der Waals surface area contributed by atoms with Crippen molar-refractivity contribution in [1.29, 1.82) is 0 Å². The van der Waals surface area contributed by atoms with E-state index in [-0.39, 0.29) is 0 Å². The normalized spacial score (nSPS) is 17.8. The van der Waals surface area contributed by atoms with Crippen LogP contribution in [0.4, 0.5) is 0 Å². The molecular weight excluding hydrogens is 195 g/mol. The Morgan fingerprint density at radius 1 is 1.17 bits per heavy atom. The number of alkyl halides is 2. The summed E-state index contributed by atoms with van der Waals surface area (Å²) in [6.45, 7) is 0. The fourth-order valence-electron chi connectivity index (χ4n) is 0.965. The zero-order valence-electron chi connectivity index (χ0n) is 6.17. The summed E-state index contributed by atoms with van der Waals surface area (Å²) in [5.74, 6) is 0.518. The molecule has 1 heterocycles. The molecule has 1 aliphatic heterocycles. The molecule has 4 heteroatoms. The lowest BCUT2D eigenvalue weighted by molar-refractivity contribution is 0.939. The van der Waals surface area contributed by atoms with E-state index in [0.717, 1.165) is 11.1 Å². The molecule has 0 saturated heterocycles. The molecule has 0 aromatic heterocycles. The fourth-order valence-corrected chi connectivity index (χ4v) is 1.31. The third kappa shape index (κ3) is 1.32. The van der Waals surface area contributed by atoms with Gasteiger partial charge in [0.25, 0.3) is 5.12 Å². The predicted molar refractivity (Wildman–Crippen MR) is 48.4 cm³/mol. The van der Waals surface area contributed by atoms with Crippen LogP contribution in [0.1, 0.15) is 11.1 Å². The van der Waals surface area contributed by atoms with Crippen LogP contribution in [-0.4, -0.2) is 0 Å². The maximum atomic E-state index is 5.90. The first-order chi connectivity index (χ1) is 5.74. The van der Waals surface area contributed by atoms with Crippen molar-refractivity contribution in [3.05, 3.63) is 35.4 Å². The van der Waals surface area contributed by atoms with Crippen molar-refractivity contribution >= 4 is 23.2 Å². The molecule has 2 rings (SSSR count). The summed E-state index contributed by atoms with van der Waals surface area (Å²) in [6, 6.07) is 7.64. The summed E-state index contributed by atoms with van der Waals surface area (Å²) in [7, 11) is 0. The Balaban J connectivity index is 2.25. The first kappa shape index (κ1) is 8.02. The Labute approximate surface area is 80.2 Å². The number of rotatable bonds is 2. The lowest BCUT2D eigenvalue weighted by atomic mass is 10.1. The van der Waals surface area contributed by atoms with Crippen LogP contribution in [0.5, 0.6) is 0 Å². The van der Waals surface area contributed by atoms with Crippen molar-refractivity contribution in [2.75, 3.05) is 0 Å². The molecule has 62 valence electrons. The van der Waals surface area contributed by atoms with Gasteiger partial charge >= 0.3 is 0 Å². The summed E-state index contributed by atoms with van der Waals surface area (Å²) in [4.78, 5) is 0. The third-order valence-corrected chi connectivity index (χ3v) is 2.43. The van der Waals surface area contributed by atoms with Gasteiger partial charge in [0.15, 0.2) is 0 Å². The van der Waals surface area contributed by atoms with Gasteiger partial charge in [-0.05, 0) is 5.56 Å². The van der Waals surface area contributed by atoms with Gasteiger partial charge in [0, 0.05) is 11.4 Å². The minimum Gasteiger partial charge on any atom is -0.135 e. The van der Waals surface area contributed by atoms with E-state index in [2.05, 4.69) is 10.2 Å². The van der Waals surface area contributed by atoms with Gasteiger partial charge < -0.3 is 0 Å². The SMILES string of the molecule is ClCc1ccc(C2(Cl)N=N2)cc1. The minimum absolute atomic E-state index is 0.518. The summed E-state index contributed by atoms with van der Waals surface area (Å²) in [6.07, 6.45) is 0. The molecule has 1 aromatic rings. The highest BCUT2D eigenvalue weighted by atomic mass is 35.5. The smallest absolute Gasteiger partial charge is 0.135 e. The highest BCUT2D eigenvalue weighted by Crippen LogP contribution is 2.43. The summed E-state index contributed by atoms with van der Waals surface area (Å²) >= 11 is 11.5. The molecule has 0 amide bonds. The average Bonchev–Trinajstić information content (AvgIpc) is 2.85. The van der Waals surface area contributed by atoms with E-state index in [1.165, 1.54) is 0 Å². The minimum atomic E-state index is -0.787. The molecule has 1 aliphatic rings. The second kappa shape index (κ2) is 2.71. The Kier molecular flexibility index (Phi) is 1.81. The topological polar surface area (TPSA) is 24.7 Å². The largest absolute Gasteiger partial charge is 0.289 e. The lowest BCUT2D eigenvalue weighted by Crippen LogP contribution is -1.97. The van der Waals surface area contributed by atoms with Gasteiger partial charge in [0.1, 0.15) is 0 Å². The molecular formula is C8H6Cl2N2. The van der Waals surface area contributed by atoms with Crippen LogP contribution in [0.2, 0.25) is 0 Å². The quantitative estimate of drug-likeness (QED) is 0.518. The van der Waals surface area contributed by atoms with Crippen LogP contribution in [0.15, 0.2) is 34.5 Å². The summed E-state index contributed by atoms with van der Waals surface area (Å²) < 4.78 is 0. The summed E-state index contributed by atoms with van der Waals surface area (Å²) in [5, 5.41) is 6.65. The van der Waals surface area contributed by atoms with E-state index in [9.17, 15) is 0 Å². The van der Waals surface area contributed by atoms with Crippen LogP contribution in [0, 0.1) is 0 Å². The first-order valence-electron chi connectivity index (χ1n) is 3.53. The number of hydrogen-bond donors (Lipinski definition) is 0. The lowest BCUT2D eigenvalue weighted by Gasteiger charge is -2.01. The van der Waals surface area contributed by atoms with Gasteiger partial charge in [-0.25, -0.2) is 0 Å². The Hall–Kier alpha value is -0.600. The van der Waals surface area contributed by atoms with E-state index in [1.807, 2.05) is 24.3 Å². The zero-order chi connectivity index (χ0) is 8.60. The van der Waals surface area contributed by atoms with Crippen molar-refractivity contribution < 1.29 is 0 Å². The fraction of sp³-hybridized carbons (Fsp3) is 0.250. The molecule has 0 fully saturated rings. The van der Waals surface area contributed by atoms with E-state index >= 15 is 0 Å². The van der Waals surface area contributed by atoms with Crippen LogP contribution in [0.25, 0.3) is 0 Å². The highest BCUT2D eigenvalue weighted by molar-refractivity contribution is 6.24. The molecule has 0 spiro atoms. The number of hydrogen-bond acceptors (Lipinski definition) is 2. The molecule has 1 aromatic carbocycles. The molecule has 0 saturated carbocycles. The van der Waals surface area contributed by atoms with Crippen LogP contribution >= 0.6 is 23.2 Å². The molecule has 0 aliphatic carbocycles. The average molecular weight is 201 g/mol. The van der Waals surface area contributed by atoms with Gasteiger partial charge in [-0.1, -0.05) is 35.9 Å². The van der Waals surface area contributed by atoms with Crippen molar-refractivity contribution in [2.45, 2.75) is 11.0 Å². The molecule has 12 heavy (non-hydrogen) atoms. The van der Waals surface area contributed by atoms with E-state index < -0.39 is 5.12 Å². The zero-order valence-corrected chi connectivity index (χ0v) is 7.68. The van der Waals surface area contributed by atoms with E-state index in [4.69, 9.17) is 23.2 Å². The second-order valence-electron chi connectivity index (χ2n) is 2.62. The molecule has 0 atom stereocenters. The van der Waals surface area contributed by atoms with Gasteiger partial charge in [-0.2, -0.15) is 0 Å². The van der Waals surface area contributed by atoms with Crippen molar-refractivity contribution in [1.82, 2.24) is 0 Å². The van der Waals surface area contributed by atoms with Crippen molar-refractivity contribution in [3.8, 4) is 0 Å². The molecule has 2 nitrogen and oxygen atoms in total. The van der Waals surface area contributed by atoms with E-state index in [1.54, 1.807) is 0 Å². The van der Waals surface area contributed by atoms with E-state index in [0.29, 0.717) is 5.88 Å². The third-order valence-electron chi connectivity index (χ3n) is 1.75. The second-order valence-corrected chi connectivity index (χ2v) is 3.41. The standard InChI is InChI=1S/C8H6Cl2N2/c9-5-6-1-3-7(4-2-6)8(10)11-12-8/h1-4H,5H2. The monoisotopic (exact) mass is 200 g/mol. The van der Waals surface area contributed by atoms with Gasteiger partial charge in [0.2, 0.25) is 0 Å². The molecule has 0 radical (unpaired) electrons. The molecule has 0 unspecified atom stereocenters. The van der Waals surface area contributed by atoms with Crippen LogP contribution in [0.3, 0.4) is 0 Å². The maximum Gasteiger partial charge on any atom is 0.289 e. The summed E-state index contributed by atoms with van der Waals surface area (Å²) in [5.41, 5.74) is 1.97. The first-order valence-corrected chi connectivity index (χ1v) is 4.44. The Bertz CT molecular complexity index is 312. The molecule has 0 bridgehead atoms. The van der Waals surface area contributed by atoms with Gasteiger partial charge in [0.05, 0.1) is 0 Å². The van der Waals surface area contributed by atoms with Crippen molar-refractivity contribution in [3.63, 3.8) is 0 Å². The molecule has 0 N–H and O–H groups in total. The number of nitrogens with zero attached hydrogens (tertiary/aromatic N) is 2. The number of halogens is 2. The Morgan fingerprint density at radius 2 is 1.75 bits per heavy atom. The highest BCUT2D eigenvalue weighted by Gasteiger charge is 2.39. The van der Waals surface area contributed by atoms with Crippen molar-refractivity contribution in [2.24, 2.45) is 10.2 Å². The van der Waals surface area contributed by atoms with Gasteiger partial charge in [-0.3, -0.25) is 0 Å². The maximum absolute atomic E-state index is 5.90. The predicted octanol–water partition coefficient (Wildman–Crippen LogP) is 3.24. The van der Waals surface area contributed by atoms with Crippen LogP contribution < -0.4 is 0 Å².